The van der Waals surface area contributed by atoms with Gasteiger partial charge in [0.05, 0.1) is 5.69 Å². The molecule has 7 heteroatoms. The first-order valence-corrected chi connectivity index (χ1v) is 11.1. The van der Waals surface area contributed by atoms with E-state index in [9.17, 15) is 19.2 Å². The number of nitrogens with one attached hydrogen (secondary N) is 2. The predicted molar refractivity (Wildman–Crippen MR) is 114 cm³/mol. The average molecular weight is 427 g/mol. The van der Waals surface area contributed by atoms with Gasteiger partial charge < -0.3 is 15.4 Å². The van der Waals surface area contributed by atoms with Gasteiger partial charge in [-0.25, -0.2) is 4.79 Å². The summed E-state index contributed by atoms with van der Waals surface area (Å²) in [6.45, 7) is 2.52. The predicted octanol–water partition coefficient (Wildman–Crippen LogP) is 3.09. The molecule has 0 aliphatic heterocycles. The number of ether oxygens (including phenoxy) is 1. The highest BCUT2D eigenvalue weighted by Crippen LogP contribution is 2.60. The molecule has 7 nitrogen and oxygen atoms in total. The van der Waals surface area contributed by atoms with Crippen LogP contribution in [0.25, 0.3) is 0 Å². The maximum atomic E-state index is 13.1. The third kappa shape index (κ3) is 4.50. The van der Waals surface area contributed by atoms with Crippen molar-refractivity contribution < 1.29 is 23.9 Å². The van der Waals surface area contributed by atoms with Gasteiger partial charge in [-0.05, 0) is 82.3 Å². The highest BCUT2D eigenvalue weighted by Gasteiger charge is 2.54. The van der Waals surface area contributed by atoms with Gasteiger partial charge in [0.15, 0.2) is 12.4 Å². The van der Waals surface area contributed by atoms with Crippen molar-refractivity contribution >= 4 is 29.3 Å². The molecule has 0 heterocycles. The Morgan fingerprint density at radius 1 is 1.03 bits per heavy atom. The number of amides is 2. The third-order valence-electron chi connectivity index (χ3n) is 7.15. The van der Waals surface area contributed by atoms with Crippen LogP contribution in [0.4, 0.5) is 5.69 Å². The molecule has 4 saturated carbocycles. The number of esters is 1. The Kier molecular flexibility index (Phi) is 5.86. The minimum absolute atomic E-state index is 0.0455. The molecule has 2 amide bonds. The number of carbonyl (C=O) groups excluding carboxylic acids is 4. The number of ketones is 1. The molecular formula is C24H30N2O5. The van der Waals surface area contributed by atoms with Crippen LogP contribution in [0.15, 0.2) is 24.3 Å². The molecule has 0 spiro atoms. The maximum Gasteiger partial charge on any atom is 0.328 e. The molecule has 2 N–H and O–H groups in total. The first-order valence-electron chi connectivity index (χ1n) is 11.1. The number of carbonyl (C=O) groups is 4. The van der Waals surface area contributed by atoms with Gasteiger partial charge in [-0.1, -0.05) is 12.1 Å². The zero-order chi connectivity index (χ0) is 22.2. The van der Waals surface area contributed by atoms with Gasteiger partial charge in [-0.15, -0.1) is 0 Å². The average Bonchev–Trinajstić information content (AvgIpc) is 2.71. The summed E-state index contributed by atoms with van der Waals surface area (Å²) < 4.78 is 5.11. The lowest BCUT2D eigenvalue weighted by Gasteiger charge is -2.55. The highest BCUT2D eigenvalue weighted by molar-refractivity contribution is 6.04. The van der Waals surface area contributed by atoms with Crippen molar-refractivity contribution in [3.8, 4) is 0 Å². The summed E-state index contributed by atoms with van der Waals surface area (Å²) in [5.41, 5.74) is 0.425. The van der Waals surface area contributed by atoms with Crippen molar-refractivity contribution in [2.45, 2.75) is 58.4 Å². The van der Waals surface area contributed by atoms with E-state index in [1.165, 1.54) is 26.2 Å². The molecule has 1 atom stereocenters. The topological polar surface area (TPSA) is 102 Å². The normalized spacial score (nSPS) is 29.2. The number of Topliss-reactive ketones (excluding diaryl/α,β-unsaturated/α-hetero) is 1. The number of benzene rings is 1. The highest BCUT2D eigenvalue weighted by atomic mass is 16.5. The number of hydrogen-bond acceptors (Lipinski definition) is 5. The Bertz CT molecular complexity index is 874. The number of rotatable bonds is 7. The van der Waals surface area contributed by atoms with E-state index >= 15 is 0 Å². The Morgan fingerprint density at radius 3 is 2.19 bits per heavy atom. The Labute approximate surface area is 182 Å². The third-order valence-corrected chi connectivity index (χ3v) is 7.15. The summed E-state index contributed by atoms with van der Waals surface area (Å²) >= 11 is 0. The van der Waals surface area contributed by atoms with Crippen LogP contribution in [-0.2, 0) is 19.1 Å². The summed E-state index contributed by atoms with van der Waals surface area (Å²) in [6.07, 6.45) is 6.49. The van der Waals surface area contributed by atoms with E-state index in [0.29, 0.717) is 29.0 Å². The largest absolute Gasteiger partial charge is 0.454 e. The van der Waals surface area contributed by atoms with Crippen LogP contribution in [-0.4, -0.2) is 36.2 Å². The molecular weight excluding hydrogens is 396 g/mol. The molecule has 0 saturated heterocycles. The van der Waals surface area contributed by atoms with Crippen LogP contribution in [0, 0.1) is 23.2 Å². The van der Waals surface area contributed by atoms with Gasteiger partial charge in [0.25, 0.3) is 5.91 Å². The molecule has 4 aliphatic rings. The monoisotopic (exact) mass is 426 g/mol. The zero-order valence-electron chi connectivity index (χ0n) is 18.1. The van der Waals surface area contributed by atoms with Gasteiger partial charge in [0.1, 0.15) is 6.04 Å². The van der Waals surface area contributed by atoms with Gasteiger partial charge in [0, 0.05) is 11.0 Å². The van der Waals surface area contributed by atoms with Crippen molar-refractivity contribution in [1.29, 1.82) is 0 Å². The van der Waals surface area contributed by atoms with Crippen LogP contribution in [0.3, 0.4) is 0 Å². The summed E-state index contributed by atoms with van der Waals surface area (Å²) in [6, 6.07) is 5.82. The van der Waals surface area contributed by atoms with Crippen molar-refractivity contribution in [3.05, 3.63) is 29.8 Å². The van der Waals surface area contributed by atoms with Gasteiger partial charge in [-0.2, -0.15) is 0 Å². The fourth-order valence-electron chi connectivity index (χ4n) is 6.14. The zero-order valence-corrected chi connectivity index (χ0v) is 18.1. The molecule has 0 aromatic heterocycles. The summed E-state index contributed by atoms with van der Waals surface area (Å²) in [5, 5.41) is 5.44. The Morgan fingerprint density at radius 2 is 1.61 bits per heavy atom. The lowest BCUT2D eigenvalue weighted by molar-refractivity contribution is -0.154. The maximum absolute atomic E-state index is 13.1. The molecule has 1 aromatic rings. The molecule has 1 aromatic carbocycles. The molecule has 4 aliphatic carbocycles. The van der Waals surface area contributed by atoms with Crippen LogP contribution < -0.4 is 10.6 Å². The van der Waals surface area contributed by atoms with Crippen LogP contribution in [0.5, 0.6) is 0 Å². The first kappa shape index (κ1) is 21.5. The second kappa shape index (κ2) is 8.44. The molecule has 0 unspecified atom stereocenters. The van der Waals surface area contributed by atoms with E-state index in [0.717, 1.165) is 19.3 Å². The lowest BCUT2D eigenvalue weighted by atomic mass is 9.49. The number of para-hydroxylation sites is 1. The van der Waals surface area contributed by atoms with Gasteiger partial charge in [0.2, 0.25) is 5.91 Å². The SMILES string of the molecule is CC(=O)c1ccccc1NC(=O)COC(=O)[C@H](C)NC(=O)C12CC3CC(CC(C3)C1)C2. The van der Waals surface area contributed by atoms with Crippen molar-refractivity contribution in [2.75, 3.05) is 11.9 Å². The van der Waals surface area contributed by atoms with Crippen molar-refractivity contribution in [3.63, 3.8) is 0 Å². The lowest BCUT2D eigenvalue weighted by Crippen LogP contribution is -2.56. The van der Waals surface area contributed by atoms with Gasteiger partial charge in [-0.3, -0.25) is 14.4 Å². The first-order chi connectivity index (χ1) is 14.8. The summed E-state index contributed by atoms with van der Waals surface area (Å²) in [4.78, 5) is 49.3. The minimum Gasteiger partial charge on any atom is -0.454 e. The minimum atomic E-state index is -0.821. The fourth-order valence-corrected chi connectivity index (χ4v) is 6.14. The summed E-state index contributed by atoms with van der Waals surface area (Å²) in [5.74, 6) is 0.516. The Hall–Kier alpha value is -2.70. The van der Waals surface area contributed by atoms with E-state index in [-0.39, 0.29) is 17.1 Å². The smallest absolute Gasteiger partial charge is 0.328 e. The standard InChI is InChI=1S/C24H30N2O5/c1-14(25-23(30)24-10-16-7-17(11-24)9-18(8-16)12-24)22(29)31-13-21(28)26-20-6-4-3-5-19(20)15(2)27/h3-6,14,16-18H,7-13H2,1-2H3,(H,25,30)(H,26,28)/t14-,16?,17?,18?,24?/m0/s1. The second-order valence-corrected chi connectivity index (χ2v) is 9.65. The van der Waals surface area contributed by atoms with Crippen LogP contribution in [0.1, 0.15) is 62.7 Å². The Balaban J connectivity index is 1.28. The molecule has 5 rings (SSSR count). The van der Waals surface area contributed by atoms with Crippen molar-refractivity contribution in [1.82, 2.24) is 5.32 Å². The quantitative estimate of drug-likeness (QED) is 0.515. The van der Waals surface area contributed by atoms with Crippen LogP contribution in [0.2, 0.25) is 0 Å². The second-order valence-electron chi connectivity index (χ2n) is 9.65. The molecule has 31 heavy (non-hydrogen) atoms. The molecule has 4 fully saturated rings. The fraction of sp³-hybridized carbons (Fsp3) is 0.583. The number of anilines is 1. The van der Waals surface area contributed by atoms with Crippen LogP contribution >= 0.6 is 0 Å². The van der Waals surface area contributed by atoms with E-state index in [2.05, 4.69) is 10.6 Å². The molecule has 166 valence electrons. The van der Waals surface area contributed by atoms with E-state index in [1.807, 2.05) is 0 Å². The molecule has 0 radical (unpaired) electrons. The van der Waals surface area contributed by atoms with E-state index < -0.39 is 24.5 Å². The van der Waals surface area contributed by atoms with Gasteiger partial charge >= 0.3 is 5.97 Å². The van der Waals surface area contributed by atoms with Crippen molar-refractivity contribution in [2.24, 2.45) is 23.2 Å². The van der Waals surface area contributed by atoms with E-state index in [4.69, 9.17) is 4.74 Å². The number of hydrogen-bond donors (Lipinski definition) is 2. The van der Waals surface area contributed by atoms with E-state index in [1.54, 1.807) is 31.2 Å². The molecule has 4 bridgehead atoms. The summed E-state index contributed by atoms with van der Waals surface area (Å²) in [7, 11) is 0.